The Hall–Kier alpha value is -2.70. The normalized spacial score (nSPS) is 22.5. The lowest BCUT2D eigenvalue weighted by Gasteiger charge is -2.30. The summed E-state index contributed by atoms with van der Waals surface area (Å²) in [5.74, 6) is 0.104. The molecular weight excluding hydrogens is 314 g/mol. The molecule has 0 saturated carbocycles. The molecule has 1 aliphatic carbocycles. The summed E-state index contributed by atoms with van der Waals surface area (Å²) in [4.78, 5) is 16.8. The number of thioether (sulfide) groups is 1. The van der Waals surface area contributed by atoms with Crippen molar-refractivity contribution in [3.63, 3.8) is 0 Å². The minimum absolute atomic E-state index is 0.104. The van der Waals surface area contributed by atoms with Gasteiger partial charge >= 0.3 is 0 Å². The first kappa shape index (κ1) is 14.9. The topological polar surface area (TPSA) is 20.3 Å². The van der Waals surface area contributed by atoms with E-state index in [4.69, 9.17) is 0 Å². The van der Waals surface area contributed by atoms with E-state index in [0.717, 1.165) is 38.9 Å². The van der Waals surface area contributed by atoms with Gasteiger partial charge < -0.3 is 4.90 Å². The molecule has 0 atom stereocenters. The number of fused-ring (bicyclic) bond motifs is 2. The molecular formula is C21H15NOS. The Labute approximate surface area is 145 Å². The molecule has 0 aromatic heterocycles. The first-order chi connectivity index (χ1) is 11.8. The Morgan fingerprint density at radius 2 is 1.88 bits per heavy atom. The van der Waals surface area contributed by atoms with E-state index in [1.165, 1.54) is 0 Å². The van der Waals surface area contributed by atoms with Gasteiger partial charge in [0.15, 0.2) is 0 Å². The molecule has 116 valence electrons. The van der Waals surface area contributed by atoms with Crippen molar-refractivity contribution in [1.82, 2.24) is 4.90 Å². The van der Waals surface area contributed by atoms with E-state index in [-0.39, 0.29) is 5.78 Å². The highest BCUT2D eigenvalue weighted by Crippen LogP contribution is 2.44. The lowest BCUT2D eigenvalue weighted by molar-refractivity contribution is 0.104. The zero-order valence-electron chi connectivity index (χ0n) is 13.2. The monoisotopic (exact) mass is 329 g/mol. The van der Waals surface area contributed by atoms with Crippen LogP contribution in [-0.4, -0.2) is 17.2 Å². The third-order valence-electron chi connectivity index (χ3n) is 4.08. The predicted octanol–water partition coefficient (Wildman–Crippen LogP) is 4.77. The number of rotatable bonds is 1. The van der Waals surface area contributed by atoms with E-state index in [0.29, 0.717) is 0 Å². The molecule has 1 aromatic rings. The predicted molar refractivity (Wildman–Crippen MR) is 97.5 cm³/mol. The zero-order chi connectivity index (χ0) is 16.5. The second-order valence-electron chi connectivity index (χ2n) is 5.49. The highest BCUT2D eigenvalue weighted by molar-refractivity contribution is 8.04. The standard InChI is InChI=1S/C21H15NOS/c1-2-22-17-11-6-4-3-5-9-15(17)13-14-18(22)21-20(23)16-10-7-8-12-19(16)24-21/h3-8,10,12-14H,2H2,1H3/b4-3-,21-18-. The molecule has 2 nitrogen and oxygen atoms in total. The average molecular weight is 329 g/mol. The second kappa shape index (κ2) is 6.07. The Bertz CT molecular complexity index is 961. The SMILES string of the molecule is CCN1C2=C=C/C=C\C=C=C2C=C/C1=C1/Sc2ccccc2C1=O. The minimum Gasteiger partial charge on any atom is -0.333 e. The summed E-state index contributed by atoms with van der Waals surface area (Å²) in [6.07, 6.45) is 11.7. The minimum atomic E-state index is 0.104. The largest absolute Gasteiger partial charge is 0.333 e. The molecule has 2 heterocycles. The average Bonchev–Trinajstić information content (AvgIpc) is 2.92. The van der Waals surface area contributed by atoms with Crippen LogP contribution in [0.15, 0.2) is 99.0 Å². The summed E-state index contributed by atoms with van der Waals surface area (Å²) in [5.41, 5.74) is 10.3. The van der Waals surface area contributed by atoms with Gasteiger partial charge in [-0.25, -0.2) is 0 Å². The molecule has 3 aliphatic rings. The smallest absolute Gasteiger partial charge is 0.202 e. The zero-order valence-corrected chi connectivity index (χ0v) is 14.1. The number of allylic oxidation sites excluding steroid dienone is 5. The van der Waals surface area contributed by atoms with Crippen molar-refractivity contribution in [2.45, 2.75) is 11.8 Å². The van der Waals surface area contributed by atoms with Crippen LogP contribution in [0.4, 0.5) is 0 Å². The van der Waals surface area contributed by atoms with E-state index in [1.54, 1.807) is 11.8 Å². The molecule has 0 saturated heterocycles. The quantitative estimate of drug-likeness (QED) is 0.547. The van der Waals surface area contributed by atoms with Crippen molar-refractivity contribution in [3.8, 4) is 0 Å². The van der Waals surface area contributed by atoms with Gasteiger partial charge in [-0.2, -0.15) is 0 Å². The number of hydrogen-bond donors (Lipinski definition) is 0. The van der Waals surface area contributed by atoms with Gasteiger partial charge in [-0.05, 0) is 43.4 Å². The molecule has 4 rings (SSSR count). The first-order valence-corrected chi connectivity index (χ1v) is 8.71. The van der Waals surface area contributed by atoms with Crippen LogP contribution >= 0.6 is 11.8 Å². The van der Waals surface area contributed by atoms with Gasteiger partial charge in [-0.3, -0.25) is 4.79 Å². The van der Waals surface area contributed by atoms with Crippen molar-refractivity contribution in [1.29, 1.82) is 0 Å². The number of ketones is 1. The van der Waals surface area contributed by atoms with Gasteiger partial charge in [0.2, 0.25) is 5.78 Å². The fourth-order valence-corrected chi connectivity index (χ4v) is 4.09. The Morgan fingerprint density at radius 3 is 2.67 bits per heavy atom. The molecule has 0 radical (unpaired) electrons. The summed E-state index contributed by atoms with van der Waals surface area (Å²) < 4.78 is 0. The maximum Gasteiger partial charge on any atom is 0.202 e. The molecule has 0 spiro atoms. The van der Waals surface area contributed by atoms with Gasteiger partial charge in [0.1, 0.15) is 0 Å². The summed E-state index contributed by atoms with van der Waals surface area (Å²) in [6.45, 7) is 2.85. The molecule has 2 aliphatic heterocycles. The van der Waals surface area contributed by atoms with Crippen LogP contribution in [-0.2, 0) is 0 Å². The van der Waals surface area contributed by atoms with Gasteiger partial charge in [-0.15, -0.1) is 5.73 Å². The van der Waals surface area contributed by atoms with E-state index in [9.17, 15) is 4.79 Å². The molecule has 0 bridgehead atoms. The van der Waals surface area contributed by atoms with Gasteiger partial charge in [0, 0.05) is 22.6 Å². The molecule has 0 amide bonds. The summed E-state index contributed by atoms with van der Waals surface area (Å²) >= 11 is 1.55. The van der Waals surface area contributed by atoms with Crippen molar-refractivity contribution in [2.75, 3.05) is 6.54 Å². The Kier molecular flexibility index (Phi) is 3.76. The molecule has 0 N–H and O–H groups in total. The number of likely N-dealkylation sites (N-methyl/N-ethyl adjacent to an activating group) is 1. The van der Waals surface area contributed by atoms with Crippen LogP contribution in [0.2, 0.25) is 0 Å². The number of hydrogen-bond acceptors (Lipinski definition) is 3. The molecule has 0 unspecified atom stereocenters. The van der Waals surface area contributed by atoms with E-state index < -0.39 is 0 Å². The summed E-state index contributed by atoms with van der Waals surface area (Å²) in [6, 6.07) is 7.79. The third-order valence-corrected chi connectivity index (χ3v) is 5.26. The maximum absolute atomic E-state index is 12.8. The van der Waals surface area contributed by atoms with Crippen LogP contribution in [0.3, 0.4) is 0 Å². The number of carbonyl (C=O) groups excluding carboxylic acids is 1. The van der Waals surface area contributed by atoms with Gasteiger partial charge in [0.05, 0.1) is 16.3 Å². The number of benzene rings is 1. The molecule has 1 aromatic carbocycles. The van der Waals surface area contributed by atoms with E-state index in [1.807, 2.05) is 60.7 Å². The number of Topliss-reactive ketones (excluding diaryl/α,β-unsaturated/α-hetero) is 1. The van der Waals surface area contributed by atoms with Crippen LogP contribution in [0.5, 0.6) is 0 Å². The first-order valence-electron chi connectivity index (χ1n) is 7.90. The van der Waals surface area contributed by atoms with Crippen LogP contribution in [0, 0.1) is 0 Å². The van der Waals surface area contributed by atoms with Crippen molar-refractivity contribution < 1.29 is 4.79 Å². The van der Waals surface area contributed by atoms with Crippen molar-refractivity contribution >= 4 is 17.5 Å². The number of carbonyl (C=O) groups is 1. The molecule has 0 fully saturated rings. The Balaban J connectivity index is 1.89. The van der Waals surface area contributed by atoms with Gasteiger partial charge in [-0.1, -0.05) is 41.8 Å². The second-order valence-corrected chi connectivity index (χ2v) is 6.54. The van der Waals surface area contributed by atoms with Crippen molar-refractivity contribution in [2.24, 2.45) is 0 Å². The molecule has 24 heavy (non-hydrogen) atoms. The number of nitrogens with zero attached hydrogens (tertiary/aromatic N) is 1. The fraction of sp³-hybridized carbons (Fsp3) is 0.0952. The van der Waals surface area contributed by atoms with Crippen LogP contribution in [0.25, 0.3) is 0 Å². The third kappa shape index (κ3) is 2.36. The van der Waals surface area contributed by atoms with Gasteiger partial charge in [0.25, 0.3) is 0 Å². The van der Waals surface area contributed by atoms with Crippen molar-refractivity contribution in [3.05, 3.63) is 99.6 Å². The lowest BCUT2D eigenvalue weighted by Crippen LogP contribution is -2.26. The maximum atomic E-state index is 12.8. The molecule has 3 heteroatoms. The fourth-order valence-electron chi connectivity index (χ4n) is 2.96. The highest BCUT2D eigenvalue weighted by atomic mass is 32.2. The summed E-state index contributed by atoms with van der Waals surface area (Å²) in [7, 11) is 0. The van der Waals surface area contributed by atoms with Crippen LogP contribution in [0.1, 0.15) is 17.3 Å². The highest BCUT2D eigenvalue weighted by Gasteiger charge is 2.31. The Morgan fingerprint density at radius 1 is 1.08 bits per heavy atom. The lowest BCUT2D eigenvalue weighted by atomic mass is 10.0. The van der Waals surface area contributed by atoms with E-state index in [2.05, 4.69) is 23.3 Å². The van der Waals surface area contributed by atoms with E-state index >= 15 is 0 Å². The van der Waals surface area contributed by atoms with Crippen LogP contribution < -0.4 is 0 Å². The summed E-state index contributed by atoms with van der Waals surface area (Å²) in [5, 5.41) is 0.